The largest absolute Gasteiger partial charge is 0.316 e. The van der Waals surface area contributed by atoms with E-state index in [0.717, 1.165) is 24.4 Å². The second-order valence-corrected chi connectivity index (χ2v) is 4.23. The van der Waals surface area contributed by atoms with Gasteiger partial charge in [0, 0.05) is 0 Å². The van der Waals surface area contributed by atoms with Crippen LogP contribution >= 0.6 is 0 Å². The average Bonchev–Trinajstić information content (AvgIpc) is 2.31. The van der Waals surface area contributed by atoms with Crippen molar-refractivity contribution in [1.82, 2.24) is 5.32 Å². The van der Waals surface area contributed by atoms with Gasteiger partial charge in [0.05, 0.1) is 11.6 Å². The Morgan fingerprint density at radius 1 is 1.33 bits per heavy atom. The third kappa shape index (κ3) is 2.81. The highest BCUT2D eigenvalue weighted by molar-refractivity contribution is 5.31. The summed E-state index contributed by atoms with van der Waals surface area (Å²) in [5.41, 5.74) is 2.10. The summed E-state index contributed by atoms with van der Waals surface area (Å²) >= 11 is 0. The summed E-state index contributed by atoms with van der Waals surface area (Å²) in [7, 11) is 0. The van der Waals surface area contributed by atoms with Gasteiger partial charge in [0.15, 0.2) is 0 Å². The minimum absolute atomic E-state index is 0.750. The standard InChI is InChI=1S/C13H16N2/c14-9-12-5-3-11(4-6-12)8-13-2-1-7-15-10-13/h3-6,13,15H,1-2,7-8,10H2. The molecule has 0 aromatic heterocycles. The highest BCUT2D eigenvalue weighted by Crippen LogP contribution is 2.16. The summed E-state index contributed by atoms with van der Waals surface area (Å²) in [6.45, 7) is 2.31. The monoisotopic (exact) mass is 200 g/mol. The van der Waals surface area contributed by atoms with Gasteiger partial charge in [0.1, 0.15) is 0 Å². The predicted molar refractivity (Wildman–Crippen MR) is 60.5 cm³/mol. The molecule has 15 heavy (non-hydrogen) atoms. The fourth-order valence-electron chi connectivity index (χ4n) is 2.15. The van der Waals surface area contributed by atoms with Crippen LogP contribution in [0.2, 0.25) is 0 Å². The number of nitrogens with one attached hydrogen (secondary N) is 1. The molecule has 1 fully saturated rings. The molecule has 2 rings (SSSR count). The Labute approximate surface area is 90.9 Å². The zero-order valence-electron chi connectivity index (χ0n) is 8.87. The van der Waals surface area contributed by atoms with Crippen LogP contribution in [0.1, 0.15) is 24.0 Å². The Hall–Kier alpha value is -1.33. The Morgan fingerprint density at radius 2 is 2.13 bits per heavy atom. The first-order valence-corrected chi connectivity index (χ1v) is 5.58. The second-order valence-electron chi connectivity index (χ2n) is 4.23. The van der Waals surface area contributed by atoms with Crippen LogP contribution in [-0.2, 0) is 6.42 Å². The molecule has 1 aliphatic heterocycles. The molecule has 0 aliphatic carbocycles. The first kappa shape index (κ1) is 10.2. The van der Waals surface area contributed by atoms with Gasteiger partial charge < -0.3 is 5.32 Å². The summed E-state index contributed by atoms with van der Waals surface area (Å²) in [6, 6.07) is 10.1. The van der Waals surface area contributed by atoms with Crippen LogP contribution in [0.25, 0.3) is 0 Å². The van der Waals surface area contributed by atoms with Crippen molar-refractivity contribution in [2.75, 3.05) is 13.1 Å². The van der Waals surface area contributed by atoms with E-state index < -0.39 is 0 Å². The van der Waals surface area contributed by atoms with Crippen LogP contribution < -0.4 is 5.32 Å². The van der Waals surface area contributed by atoms with Crippen LogP contribution in [0.4, 0.5) is 0 Å². The lowest BCUT2D eigenvalue weighted by Gasteiger charge is -2.22. The van der Waals surface area contributed by atoms with Crippen LogP contribution in [0.15, 0.2) is 24.3 Å². The van der Waals surface area contributed by atoms with E-state index in [1.165, 1.54) is 24.9 Å². The maximum Gasteiger partial charge on any atom is 0.0991 e. The van der Waals surface area contributed by atoms with Gasteiger partial charge in [-0.1, -0.05) is 12.1 Å². The maximum absolute atomic E-state index is 8.69. The fourth-order valence-corrected chi connectivity index (χ4v) is 2.15. The molecule has 1 aromatic carbocycles. The van der Waals surface area contributed by atoms with Crippen molar-refractivity contribution in [1.29, 1.82) is 5.26 Å². The van der Waals surface area contributed by atoms with E-state index in [0.29, 0.717) is 0 Å². The van der Waals surface area contributed by atoms with E-state index in [4.69, 9.17) is 5.26 Å². The Bertz CT molecular complexity index is 342. The first-order chi connectivity index (χ1) is 7.38. The van der Waals surface area contributed by atoms with Crippen LogP contribution in [0.3, 0.4) is 0 Å². The van der Waals surface area contributed by atoms with E-state index in [1.807, 2.05) is 12.1 Å². The van der Waals surface area contributed by atoms with Crippen molar-refractivity contribution in [3.05, 3.63) is 35.4 Å². The second kappa shape index (κ2) is 4.95. The molecule has 2 heteroatoms. The topological polar surface area (TPSA) is 35.8 Å². The Balaban J connectivity index is 1.95. The molecular formula is C13H16N2. The molecule has 2 nitrogen and oxygen atoms in total. The van der Waals surface area contributed by atoms with Gasteiger partial charge in [0.2, 0.25) is 0 Å². The molecule has 0 bridgehead atoms. The van der Waals surface area contributed by atoms with E-state index in [9.17, 15) is 0 Å². The number of nitrogens with zero attached hydrogens (tertiary/aromatic N) is 1. The van der Waals surface area contributed by atoms with Crippen molar-refractivity contribution in [3.8, 4) is 6.07 Å². The number of rotatable bonds is 2. The zero-order valence-corrected chi connectivity index (χ0v) is 8.87. The molecule has 1 saturated heterocycles. The molecule has 1 N–H and O–H groups in total. The summed E-state index contributed by atoms with van der Waals surface area (Å²) in [6.07, 6.45) is 3.76. The van der Waals surface area contributed by atoms with E-state index in [-0.39, 0.29) is 0 Å². The molecule has 1 aromatic rings. The zero-order chi connectivity index (χ0) is 10.5. The highest BCUT2D eigenvalue weighted by atomic mass is 14.9. The Kier molecular flexibility index (Phi) is 3.37. The van der Waals surface area contributed by atoms with Crippen LogP contribution in [-0.4, -0.2) is 13.1 Å². The molecule has 0 amide bonds. The maximum atomic E-state index is 8.69. The van der Waals surface area contributed by atoms with Crippen molar-refractivity contribution in [2.45, 2.75) is 19.3 Å². The lowest BCUT2D eigenvalue weighted by Crippen LogP contribution is -2.30. The average molecular weight is 200 g/mol. The third-order valence-electron chi connectivity index (χ3n) is 3.01. The molecule has 0 saturated carbocycles. The van der Waals surface area contributed by atoms with E-state index >= 15 is 0 Å². The lowest BCUT2D eigenvalue weighted by atomic mass is 9.92. The van der Waals surface area contributed by atoms with Crippen molar-refractivity contribution in [2.24, 2.45) is 5.92 Å². The molecule has 0 radical (unpaired) electrons. The number of hydrogen-bond donors (Lipinski definition) is 1. The summed E-state index contributed by atoms with van der Waals surface area (Å²) in [5.74, 6) is 0.770. The van der Waals surface area contributed by atoms with Gasteiger partial charge >= 0.3 is 0 Å². The molecule has 1 unspecified atom stereocenters. The SMILES string of the molecule is N#Cc1ccc(CC2CCCNC2)cc1. The summed E-state index contributed by atoms with van der Waals surface area (Å²) in [4.78, 5) is 0. The minimum atomic E-state index is 0.750. The van der Waals surface area contributed by atoms with Crippen LogP contribution in [0, 0.1) is 17.2 Å². The normalized spacial score (nSPS) is 20.9. The van der Waals surface area contributed by atoms with Crippen molar-refractivity contribution in [3.63, 3.8) is 0 Å². The fraction of sp³-hybridized carbons (Fsp3) is 0.462. The molecular weight excluding hydrogens is 184 g/mol. The van der Waals surface area contributed by atoms with Crippen molar-refractivity contribution >= 4 is 0 Å². The number of benzene rings is 1. The van der Waals surface area contributed by atoms with Gasteiger partial charge in [-0.2, -0.15) is 5.26 Å². The van der Waals surface area contributed by atoms with Gasteiger partial charge in [-0.05, 0) is 56.0 Å². The van der Waals surface area contributed by atoms with Gasteiger partial charge in [-0.15, -0.1) is 0 Å². The Morgan fingerprint density at radius 3 is 2.73 bits per heavy atom. The van der Waals surface area contributed by atoms with Crippen molar-refractivity contribution < 1.29 is 0 Å². The third-order valence-corrected chi connectivity index (χ3v) is 3.01. The molecule has 1 aliphatic rings. The molecule has 78 valence electrons. The van der Waals surface area contributed by atoms with Gasteiger partial charge in [0.25, 0.3) is 0 Å². The van der Waals surface area contributed by atoms with Gasteiger partial charge in [-0.25, -0.2) is 0 Å². The van der Waals surface area contributed by atoms with Gasteiger partial charge in [-0.3, -0.25) is 0 Å². The number of nitriles is 1. The first-order valence-electron chi connectivity index (χ1n) is 5.58. The quantitative estimate of drug-likeness (QED) is 0.793. The predicted octanol–water partition coefficient (Wildman–Crippen LogP) is 2.10. The smallest absolute Gasteiger partial charge is 0.0991 e. The molecule has 0 spiro atoms. The molecule has 1 atom stereocenters. The lowest BCUT2D eigenvalue weighted by molar-refractivity contribution is 0.376. The number of hydrogen-bond acceptors (Lipinski definition) is 2. The van der Waals surface area contributed by atoms with Crippen LogP contribution in [0.5, 0.6) is 0 Å². The highest BCUT2D eigenvalue weighted by Gasteiger charge is 2.12. The summed E-state index contributed by atoms with van der Waals surface area (Å²) in [5, 5.41) is 12.1. The summed E-state index contributed by atoms with van der Waals surface area (Å²) < 4.78 is 0. The number of piperidine rings is 1. The van der Waals surface area contributed by atoms with E-state index in [2.05, 4.69) is 23.5 Å². The minimum Gasteiger partial charge on any atom is -0.316 e. The molecule has 1 heterocycles. The van der Waals surface area contributed by atoms with E-state index in [1.54, 1.807) is 0 Å².